The van der Waals surface area contributed by atoms with E-state index in [4.69, 9.17) is 5.73 Å². The number of carbonyl (C=O) groups excluding carboxylic acids is 1. The van der Waals surface area contributed by atoms with E-state index in [9.17, 15) is 4.79 Å². The van der Waals surface area contributed by atoms with Crippen molar-refractivity contribution in [2.75, 3.05) is 5.32 Å². The SMILES string of the molecule is CC(C)C(N)CC(=O)Nc1ccccc1-c1ccccc1. The number of benzene rings is 2. The third-order valence-electron chi connectivity index (χ3n) is 3.56. The van der Waals surface area contributed by atoms with E-state index < -0.39 is 0 Å². The van der Waals surface area contributed by atoms with Crippen LogP contribution in [0.15, 0.2) is 54.6 Å². The number of carbonyl (C=O) groups is 1. The fourth-order valence-corrected chi connectivity index (χ4v) is 2.11. The average Bonchev–Trinajstić information content (AvgIpc) is 2.48. The summed E-state index contributed by atoms with van der Waals surface area (Å²) in [5, 5.41) is 2.98. The van der Waals surface area contributed by atoms with Gasteiger partial charge in [0.15, 0.2) is 0 Å². The molecule has 0 heterocycles. The van der Waals surface area contributed by atoms with E-state index in [0.717, 1.165) is 16.8 Å². The molecule has 0 spiro atoms. The summed E-state index contributed by atoms with van der Waals surface area (Å²) in [6.45, 7) is 4.05. The number of rotatable bonds is 5. The van der Waals surface area contributed by atoms with Crippen LogP contribution >= 0.6 is 0 Å². The summed E-state index contributed by atoms with van der Waals surface area (Å²) < 4.78 is 0. The number of nitrogens with one attached hydrogen (secondary N) is 1. The molecule has 0 saturated heterocycles. The Morgan fingerprint density at radius 1 is 1.05 bits per heavy atom. The van der Waals surface area contributed by atoms with Crippen LogP contribution in [0.1, 0.15) is 20.3 Å². The molecule has 2 aromatic rings. The summed E-state index contributed by atoms with van der Waals surface area (Å²) in [7, 11) is 0. The first-order valence-corrected chi connectivity index (χ1v) is 7.28. The molecule has 0 aliphatic heterocycles. The molecule has 1 amide bonds. The summed E-state index contributed by atoms with van der Waals surface area (Å²) in [4.78, 5) is 12.1. The highest BCUT2D eigenvalue weighted by atomic mass is 16.1. The quantitative estimate of drug-likeness (QED) is 0.879. The van der Waals surface area contributed by atoms with Crippen LogP contribution in [0.5, 0.6) is 0 Å². The highest BCUT2D eigenvalue weighted by molar-refractivity contribution is 5.95. The molecular weight excluding hydrogens is 260 g/mol. The van der Waals surface area contributed by atoms with Crippen LogP contribution in [0.2, 0.25) is 0 Å². The van der Waals surface area contributed by atoms with Crippen molar-refractivity contribution in [1.29, 1.82) is 0 Å². The minimum atomic E-state index is -0.117. The van der Waals surface area contributed by atoms with Gasteiger partial charge in [0, 0.05) is 23.7 Å². The van der Waals surface area contributed by atoms with Gasteiger partial charge in [0.2, 0.25) is 5.91 Å². The summed E-state index contributed by atoms with van der Waals surface area (Å²) >= 11 is 0. The zero-order valence-corrected chi connectivity index (χ0v) is 12.5. The molecule has 21 heavy (non-hydrogen) atoms. The lowest BCUT2D eigenvalue weighted by molar-refractivity contribution is -0.116. The molecule has 0 fully saturated rings. The van der Waals surface area contributed by atoms with Crippen LogP contribution in [-0.4, -0.2) is 11.9 Å². The smallest absolute Gasteiger partial charge is 0.225 e. The molecule has 3 nitrogen and oxygen atoms in total. The van der Waals surface area contributed by atoms with Gasteiger partial charge < -0.3 is 11.1 Å². The minimum Gasteiger partial charge on any atom is -0.327 e. The number of amides is 1. The second-order valence-corrected chi connectivity index (χ2v) is 5.57. The van der Waals surface area contributed by atoms with Crippen molar-refractivity contribution in [1.82, 2.24) is 0 Å². The number of anilines is 1. The first-order chi connectivity index (χ1) is 10.1. The van der Waals surface area contributed by atoms with Crippen molar-refractivity contribution >= 4 is 11.6 Å². The summed E-state index contributed by atoms with van der Waals surface area (Å²) in [6, 6.07) is 17.7. The summed E-state index contributed by atoms with van der Waals surface area (Å²) in [6.07, 6.45) is 0.334. The highest BCUT2D eigenvalue weighted by Gasteiger charge is 2.14. The van der Waals surface area contributed by atoms with E-state index in [1.54, 1.807) is 0 Å². The fourth-order valence-electron chi connectivity index (χ4n) is 2.11. The molecule has 2 aromatic carbocycles. The molecular formula is C18H22N2O. The lowest BCUT2D eigenvalue weighted by Gasteiger charge is -2.16. The third kappa shape index (κ3) is 4.17. The highest BCUT2D eigenvalue weighted by Crippen LogP contribution is 2.27. The van der Waals surface area contributed by atoms with Crippen LogP contribution in [0, 0.1) is 5.92 Å². The van der Waals surface area contributed by atoms with Crippen LogP contribution in [0.4, 0.5) is 5.69 Å². The molecule has 0 aromatic heterocycles. The first-order valence-electron chi connectivity index (χ1n) is 7.28. The van der Waals surface area contributed by atoms with E-state index in [-0.39, 0.29) is 11.9 Å². The number of para-hydroxylation sites is 1. The lowest BCUT2D eigenvalue weighted by Crippen LogP contribution is -2.31. The Labute approximate surface area is 126 Å². The van der Waals surface area contributed by atoms with Crippen molar-refractivity contribution in [3.63, 3.8) is 0 Å². The Hall–Kier alpha value is -2.13. The molecule has 0 aliphatic carbocycles. The minimum absolute atomic E-state index is 0.0421. The molecule has 1 atom stereocenters. The zero-order chi connectivity index (χ0) is 15.2. The molecule has 3 heteroatoms. The monoisotopic (exact) mass is 282 g/mol. The molecule has 1 unspecified atom stereocenters. The first kappa shape index (κ1) is 15.3. The van der Waals surface area contributed by atoms with Crippen molar-refractivity contribution in [3.05, 3.63) is 54.6 Å². The van der Waals surface area contributed by atoms with E-state index in [2.05, 4.69) is 5.32 Å². The van der Waals surface area contributed by atoms with Crippen LogP contribution in [0.25, 0.3) is 11.1 Å². The van der Waals surface area contributed by atoms with Crippen molar-refractivity contribution in [2.45, 2.75) is 26.3 Å². The molecule has 0 aliphatic rings. The Kier molecular flexibility index (Phi) is 5.12. The van der Waals surface area contributed by atoms with Crippen LogP contribution < -0.4 is 11.1 Å². The summed E-state index contributed by atoms with van der Waals surface area (Å²) in [5.74, 6) is 0.250. The second kappa shape index (κ2) is 7.04. The van der Waals surface area contributed by atoms with E-state index in [1.807, 2.05) is 68.4 Å². The number of hydrogen-bond donors (Lipinski definition) is 2. The Bertz CT molecular complexity index is 593. The predicted octanol–water partition coefficient (Wildman–Crippen LogP) is 3.67. The number of hydrogen-bond acceptors (Lipinski definition) is 2. The maximum Gasteiger partial charge on any atom is 0.225 e. The second-order valence-electron chi connectivity index (χ2n) is 5.57. The van der Waals surface area contributed by atoms with Gasteiger partial charge in [-0.3, -0.25) is 4.79 Å². The lowest BCUT2D eigenvalue weighted by atomic mass is 10.0. The van der Waals surface area contributed by atoms with Crippen molar-refractivity contribution in [3.8, 4) is 11.1 Å². The summed E-state index contributed by atoms with van der Waals surface area (Å²) in [5.41, 5.74) is 8.89. The third-order valence-corrected chi connectivity index (χ3v) is 3.56. The van der Waals surface area contributed by atoms with Gasteiger partial charge in [0.1, 0.15) is 0 Å². The van der Waals surface area contributed by atoms with E-state index in [1.165, 1.54) is 0 Å². The molecule has 110 valence electrons. The van der Waals surface area contributed by atoms with Gasteiger partial charge in [-0.05, 0) is 17.5 Å². The predicted molar refractivity (Wildman–Crippen MR) is 87.9 cm³/mol. The maximum atomic E-state index is 12.1. The van der Waals surface area contributed by atoms with Gasteiger partial charge >= 0.3 is 0 Å². The van der Waals surface area contributed by atoms with Gasteiger partial charge in [0.25, 0.3) is 0 Å². The van der Waals surface area contributed by atoms with Crippen molar-refractivity contribution in [2.24, 2.45) is 11.7 Å². The molecule has 0 saturated carbocycles. The Balaban J connectivity index is 2.16. The van der Waals surface area contributed by atoms with Crippen LogP contribution in [0.3, 0.4) is 0 Å². The zero-order valence-electron chi connectivity index (χ0n) is 12.5. The Morgan fingerprint density at radius 2 is 1.67 bits per heavy atom. The van der Waals surface area contributed by atoms with E-state index in [0.29, 0.717) is 12.3 Å². The van der Waals surface area contributed by atoms with Crippen molar-refractivity contribution < 1.29 is 4.79 Å². The van der Waals surface area contributed by atoms with Crippen LogP contribution in [-0.2, 0) is 4.79 Å². The number of nitrogens with two attached hydrogens (primary N) is 1. The topological polar surface area (TPSA) is 55.1 Å². The molecule has 0 radical (unpaired) electrons. The molecule has 2 rings (SSSR count). The Morgan fingerprint density at radius 3 is 2.33 bits per heavy atom. The van der Waals surface area contributed by atoms with Gasteiger partial charge in [-0.25, -0.2) is 0 Å². The van der Waals surface area contributed by atoms with Gasteiger partial charge in [0.05, 0.1) is 0 Å². The molecule has 3 N–H and O–H groups in total. The van der Waals surface area contributed by atoms with Gasteiger partial charge in [-0.2, -0.15) is 0 Å². The van der Waals surface area contributed by atoms with Gasteiger partial charge in [-0.1, -0.05) is 62.4 Å². The molecule has 0 bridgehead atoms. The fraction of sp³-hybridized carbons (Fsp3) is 0.278. The normalized spacial score (nSPS) is 12.2. The average molecular weight is 282 g/mol. The largest absolute Gasteiger partial charge is 0.327 e. The maximum absolute atomic E-state index is 12.1. The van der Waals surface area contributed by atoms with E-state index >= 15 is 0 Å². The van der Waals surface area contributed by atoms with Gasteiger partial charge in [-0.15, -0.1) is 0 Å². The standard InChI is InChI=1S/C18H22N2O/c1-13(2)16(19)12-18(21)20-17-11-7-6-10-15(17)14-8-4-3-5-9-14/h3-11,13,16H,12,19H2,1-2H3,(H,20,21).